The van der Waals surface area contributed by atoms with Crippen LogP contribution >= 0.6 is 0 Å². The van der Waals surface area contributed by atoms with Crippen molar-refractivity contribution >= 4 is 34.2 Å². The van der Waals surface area contributed by atoms with Crippen LogP contribution in [0.3, 0.4) is 0 Å². The number of para-hydroxylation sites is 1. The molecule has 0 unspecified atom stereocenters. The normalized spacial score (nSPS) is 10.4. The molecule has 3 aromatic rings. The number of carbonyl (C=O) groups is 2. The number of nitrogens with zero attached hydrogens (tertiary/aromatic N) is 1. The molecule has 0 radical (unpaired) electrons. The summed E-state index contributed by atoms with van der Waals surface area (Å²) in [6.45, 7) is 0. The predicted octanol–water partition coefficient (Wildman–Crippen LogP) is 3.26. The summed E-state index contributed by atoms with van der Waals surface area (Å²) in [6, 6.07) is 12.3. The Bertz CT molecular complexity index is 986. The number of phenols is 1. The molecule has 0 saturated carbocycles. The average molecular weight is 352 g/mol. The van der Waals surface area contributed by atoms with Gasteiger partial charge in [-0.25, -0.2) is 9.59 Å². The fourth-order valence-corrected chi connectivity index (χ4v) is 2.69. The first-order valence-corrected chi connectivity index (χ1v) is 7.70. The first-order valence-electron chi connectivity index (χ1n) is 7.70. The number of hydrogen-bond donors (Lipinski definition) is 2. The standard InChI is InChI=1S/C19H16N2O5/c1-25-18(23)13-14(19(24)26-2)17(22)12-9-6-10-20-15(12)16(13)21-11-7-4-3-5-8-11/h3-10,21-22H,1-2H3. The summed E-state index contributed by atoms with van der Waals surface area (Å²) in [5.74, 6) is -2.05. The summed E-state index contributed by atoms with van der Waals surface area (Å²) >= 11 is 0. The van der Waals surface area contributed by atoms with Gasteiger partial charge in [0.2, 0.25) is 0 Å². The van der Waals surface area contributed by atoms with Crippen LogP contribution < -0.4 is 5.32 Å². The molecule has 0 amide bonds. The summed E-state index contributed by atoms with van der Waals surface area (Å²) in [5, 5.41) is 14.0. The Hall–Kier alpha value is -3.61. The van der Waals surface area contributed by atoms with E-state index in [0.717, 1.165) is 0 Å². The highest BCUT2D eigenvalue weighted by atomic mass is 16.5. The van der Waals surface area contributed by atoms with E-state index in [1.807, 2.05) is 18.2 Å². The number of carbonyl (C=O) groups excluding carboxylic acids is 2. The quantitative estimate of drug-likeness (QED) is 0.549. The summed E-state index contributed by atoms with van der Waals surface area (Å²) in [4.78, 5) is 29.0. The molecule has 7 nitrogen and oxygen atoms in total. The molecule has 7 heteroatoms. The topological polar surface area (TPSA) is 97.8 Å². The van der Waals surface area contributed by atoms with Crippen LogP contribution in [0.4, 0.5) is 11.4 Å². The molecule has 0 bridgehead atoms. The minimum absolute atomic E-state index is 0.146. The molecule has 1 heterocycles. The number of fused-ring (bicyclic) bond motifs is 1. The fraction of sp³-hybridized carbons (Fsp3) is 0.105. The number of rotatable bonds is 4. The monoisotopic (exact) mass is 352 g/mol. The third kappa shape index (κ3) is 2.90. The number of phenolic OH excluding ortho intramolecular Hbond substituents is 1. The van der Waals surface area contributed by atoms with Gasteiger partial charge in [0.25, 0.3) is 0 Å². The molecule has 0 aliphatic heterocycles. The first-order chi connectivity index (χ1) is 12.6. The smallest absolute Gasteiger partial charge is 0.342 e. The molecule has 0 fully saturated rings. The second-order valence-corrected chi connectivity index (χ2v) is 5.35. The maximum absolute atomic E-state index is 12.5. The van der Waals surface area contributed by atoms with Gasteiger partial charge in [0.15, 0.2) is 0 Å². The summed E-state index contributed by atoms with van der Waals surface area (Å²) in [7, 11) is 2.36. The van der Waals surface area contributed by atoms with Crippen molar-refractivity contribution in [2.45, 2.75) is 0 Å². The highest BCUT2D eigenvalue weighted by Crippen LogP contribution is 2.39. The number of aromatic nitrogens is 1. The molecule has 1 aromatic heterocycles. The Morgan fingerprint density at radius 3 is 2.27 bits per heavy atom. The van der Waals surface area contributed by atoms with Crippen molar-refractivity contribution in [2.75, 3.05) is 19.5 Å². The highest BCUT2D eigenvalue weighted by Gasteiger charge is 2.30. The van der Waals surface area contributed by atoms with Gasteiger partial charge in [-0.2, -0.15) is 0 Å². The molecule has 2 N–H and O–H groups in total. The number of nitrogens with one attached hydrogen (secondary N) is 1. The number of ether oxygens (including phenoxy) is 2. The molecular formula is C19H16N2O5. The SMILES string of the molecule is COC(=O)c1c(C(=O)OC)c(Nc2ccccc2)c2ncccc2c1O. The van der Waals surface area contributed by atoms with Crippen LogP contribution in [0.2, 0.25) is 0 Å². The Balaban J connectivity index is 2.40. The van der Waals surface area contributed by atoms with Crippen molar-refractivity contribution in [2.24, 2.45) is 0 Å². The van der Waals surface area contributed by atoms with Crippen molar-refractivity contribution in [3.8, 4) is 5.75 Å². The molecule has 0 aliphatic rings. The predicted molar refractivity (Wildman–Crippen MR) is 95.8 cm³/mol. The van der Waals surface area contributed by atoms with Crippen molar-refractivity contribution in [1.29, 1.82) is 0 Å². The van der Waals surface area contributed by atoms with Crippen molar-refractivity contribution < 1.29 is 24.2 Å². The van der Waals surface area contributed by atoms with Crippen molar-refractivity contribution in [3.63, 3.8) is 0 Å². The van der Waals surface area contributed by atoms with Gasteiger partial charge >= 0.3 is 11.9 Å². The van der Waals surface area contributed by atoms with Gasteiger partial charge in [0.05, 0.1) is 25.4 Å². The lowest BCUT2D eigenvalue weighted by molar-refractivity contribution is 0.0553. The maximum Gasteiger partial charge on any atom is 0.342 e. The van der Waals surface area contributed by atoms with Crippen LogP contribution in [-0.2, 0) is 9.47 Å². The van der Waals surface area contributed by atoms with Crippen molar-refractivity contribution in [1.82, 2.24) is 4.98 Å². The van der Waals surface area contributed by atoms with Gasteiger partial charge in [0, 0.05) is 17.3 Å². The number of aromatic hydroxyl groups is 1. The zero-order chi connectivity index (χ0) is 18.7. The molecule has 0 saturated heterocycles. The minimum Gasteiger partial charge on any atom is -0.506 e. The van der Waals surface area contributed by atoms with E-state index in [-0.39, 0.29) is 22.6 Å². The van der Waals surface area contributed by atoms with Crippen LogP contribution in [0.5, 0.6) is 5.75 Å². The zero-order valence-corrected chi connectivity index (χ0v) is 14.1. The van der Waals surface area contributed by atoms with Crippen LogP contribution in [-0.4, -0.2) is 36.2 Å². The Kier molecular flexibility index (Phi) is 4.70. The van der Waals surface area contributed by atoms with E-state index in [2.05, 4.69) is 10.3 Å². The molecule has 3 rings (SSSR count). The average Bonchev–Trinajstić information content (AvgIpc) is 2.69. The molecule has 0 spiro atoms. The van der Waals surface area contributed by atoms with Crippen LogP contribution in [0.15, 0.2) is 48.7 Å². The summed E-state index contributed by atoms with van der Waals surface area (Å²) in [5.41, 5.74) is 0.815. The van der Waals surface area contributed by atoms with E-state index in [9.17, 15) is 14.7 Å². The third-order valence-electron chi connectivity index (χ3n) is 3.86. The first kappa shape index (κ1) is 17.2. The number of esters is 2. The summed E-state index contributed by atoms with van der Waals surface area (Å²) < 4.78 is 9.58. The van der Waals surface area contributed by atoms with E-state index in [1.165, 1.54) is 20.4 Å². The van der Waals surface area contributed by atoms with E-state index < -0.39 is 11.9 Å². The molecule has 26 heavy (non-hydrogen) atoms. The van der Waals surface area contributed by atoms with E-state index in [1.54, 1.807) is 24.3 Å². The molecule has 0 aliphatic carbocycles. The molecule has 0 atom stereocenters. The van der Waals surface area contributed by atoms with Gasteiger partial charge in [0.1, 0.15) is 16.9 Å². The number of benzene rings is 2. The van der Waals surface area contributed by atoms with Gasteiger partial charge in [-0.05, 0) is 24.3 Å². The lowest BCUT2D eigenvalue weighted by Crippen LogP contribution is -2.15. The highest BCUT2D eigenvalue weighted by molar-refractivity contribution is 6.17. The van der Waals surface area contributed by atoms with Crippen LogP contribution in [0, 0.1) is 0 Å². The Labute approximate surface area is 149 Å². The Morgan fingerprint density at radius 2 is 1.62 bits per heavy atom. The third-order valence-corrected chi connectivity index (χ3v) is 3.86. The number of pyridine rings is 1. The minimum atomic E-state index is -0.857. The van der Waals surface area contributed by atoms with Crippen molar-refractivity contribution in [3.05, 3.63) is 59.8 Å². The molecule has 132 valence electrons. The van der Waals surface area contributed by atoms with E-state index in [0.29, 0.717) is 16.6 Å². The van der Waals surface area contributed by atoms with Gasteiger partial charge in [-0.1, -0.05) is 18.2 Å². The second-order valence-electron chi connectivity index (χ2n) is 5.35. The molecule has 2 aromatic carbocycles. The number of hydrogen-bond acceptors (Lipinski definition) is 7. The zero-order valence-electron chi connectivity index (χ0n) is 14.1. The maximum atomic E-state index is 12.5. The second kappa shape index (κ2) is 7.10. The lowest BCUT2D eigenvalue weighted by Gasteiger charge is -2.18. The van der Waals surface area contributed by atoms with Crippen LogP contribution in [0.25, 0.3) is 10.9 Å². The van der Waals surface area contributed by atoms with Gasteiger partial charge in [-0.15, -0.1) is 0 Å². The van der Waals surface area contributed by atoms with E-state index in [4.69, 9.17) is 9.47 Å². The lowest BCUT2D eigenvalue weighted by atomic mass is 9.99. The summed E-state index contributed by atoms with van der Waals surface area (Å²) in [6.07, 6.45) is 1.52. The van der Waals surface area contributed by atoms with Gasteiger partial charge in [-0.3, -0.25) is 4.98 Å². The largest absolute Gasteiger partial charge is 0.506 e. The number of anilines is 2. The molecular weight excluding hydrogens is 336 g/mol. The van der Waals surface area contributed by atoms with Crippen LogP contribution in [0.1, 0.15) is 20.7 Å². The van der Waals surface area contributed by atoms with E-state index >= 15 is 0 Å². The van der Waals surface area contributed by atoms with Gasteiger partial charge < -0.3 is 19.9 Å². The Morgan fingerprint density at radius 1 is 0.962 bits per heavy atom. The fourth-order valence-electron chi connectivity index (χ4n) is 2.69. The number of methoxy groups -OCH3 is 2.